The van der Waals surface area contributed by atoms with Crippen LogP contribution in [0, 0.1) is 10.1 Å². The summed E-state index contributed by atoms with van der Waals surface area (Å²) in [5.74, 6) is 0. The van der Waals surface area contributed by atoms with Gasteiger partial charge in [-0.15, -0.1) is 0 Å². The number of nitrogens with two attached hydrogens (primary N) is 1. The number of unbranched alkanes of at least 4 members (excludes halogenated alkanes) is 1. The molecule has 1 rings (SSSR count). The molecule has 17 heavy (non-hydrogen) atoms. The van der Waals surface area contributed by atoms with Crippen LogP contribution in [-0.2, 0) is 0 Å². The number of anilines is 2. The zero-order valence-corrected chi connectivity index (χ0v) is 10.3. The van der Waals surface area contributed by atoms with E-state index in [9.17, 15) is 10.1 Å². The van der Waals surface area contributed by atoms with E-state index < -0.39 is 4.92 Å². The lowest BCUT2D eigenvalue weighted by atomic mass is 10.2. The molecular weight excluding hydrogens is 218 g/mol. The third kappa shape index (κ3) is 3.62. The molecule has 5 heteroatoms. The molecule has 0 bridgehead atoms. The first-order valence-corrected chi connectivity index (χ1v) is 5.88. The second kappa shape index (κ2) is 6.08. The van der Waals surface area contributed by atoms with Gasteiger partial charge in [-0.05, 0) is 19.4 Å². The molecule has 0 aliphatic heterocycles. The molecule has 0 unspecified atom stereocenters. The summed E-state index contributed by atoms with van der Waals surface area (Å²) in [7, 11) is 0. The number of nitro groups is 1. The number of nitrogen functional groups attached to an aromatic ring is 1. The molecule has 0 aromatic heterocycles. The molecule has 0 heterocycles. The van der Waals surface area contributed by atoms with E-state index in [0.717, 1.165) is 31.6 Å². The van der Waals surface area contributed by atoms with Gasteiger partial charge in [0, 0.05) is 36.6 Å². The average molecular weight is 237 g/mol. The van der Waals surface area contributed by atoms with E-state index in [1.807, 2.05) is 6.92 Å². The molecule has 0 saturated carbocycles. The van der Waals surface area contributed by atoms with Crippen LogP contribution in [0.15, 0.2) is 18.2 Å². The number of nitrogens with zero attached hydrogens (tertiary/aromatic N) is 2. The lowest BCUT2D eigenvalue weighted by molar-refractivity contribution is -0.384. The van der Waals surface area contributed by atoms with Crippen molar-refractivity contribution in [2.75, 3.05) is 23.7 Å². The minimum atomic E-state index is -0.409. The molecule has 0 amide bonds. The Bertz CT molecular complexity index is 393. The predicted octanol–water partition coefficient (Wildman–Crippen LogP) is 2.80. The minimum Gasteiger partial charge on any atom is -0.398 e. The molecule has 0 radical (unpaired) electrons. The summed E-state index contributed by atoms with van der Waals surface area (Å²) in [6, 6.07) is 4.75. The molecular formula is C12H19N3O2. The molecule has 0 aliphatic carbocycles. The summed E-state index contributed by atoms with van der Waals surface area (Å²) >= 11 is 0. The Balaban J connectivity index is 2.98. The van der Waals surface area contributed by atoms with Gasteiger partial charge in [0.1, 0.15) is 0 Å². The summed E-state index contributed by atoms with van der Waals surface area (Å²) in [6.45, 7) is 5.87. The highest BCUT2D eigenvalue weighted by atomic mass is 16.6. The summed E-state index contributed by atoms with van der Waals surface area (Å²) in [5, 5.41) is 10.8. The van der Waals surface area contributed by atoms with Crippen LogP contribution in [0.5, 0.6) is 0 Å². The van der Waals surface area contributed by atoms with E-state index >= 15 is 0 Å². The summed E-state index contributed by atoms with van der Waals surface area (Å²) in [4.78, 5) is 12.5. The normalized spacial score (nSPS) is 10.2. The maximum atomic E-state index is 10.8. The number of rotatable bonds is 6. The van der Waals surface area contributed by atoms with Crippen molar-refractivity contribution in [2.45, 2.75) is 26.7 Å². The van der Waals surface area contributed by atoms with E-state index in [2.05, 4.69) is 11.8 Å². The van der Waals surface area contributed by atoms with Crippen LogP contribution >= 0.6 is 0 Å². The standard InChI is InChI=1S/C12H19N3O2/c1-3-5-6-14(4-2)11-7-10(13)8-12(9-11)15(16)17/h7-9H,3-6,13H2,1-2H3. The van der Waals surface area contributed by atoms with Crippen LogP contribution < -0.4 is 10.6 Å². The first kappa shape index (κ1) is 13.3. The van der Waals surface area contributed by atoms with Gasteiger partial charge in [0.25, 0.3) is 5.69 Å². The fraction of sp³-hybridized carbons (Fsp3) is 0.500. The van der Waals surface area contributed by atoms with Crippen molar-refractivity contribution in [1.29, 1.82) is 0 Å². The molecule has 0 saturated heterocycles. The van der Waals surface area contributed by atoms with Crippen LogP contribution in [0.4, 0.5) is 17.1 Å². The van der Waals surface area contributed by atoms with Gasteiger partial charge < -0.3 is 10.6 Å². The van der Waals surface area contributed by atoms with Crippen molar-refractivity contribution >= 4 is 17.1 Å². The van der Waals surface area contributed by atoms with Crippen molar-refractivity contribution in [1.82, 2.24) is 0 Å². The van der Waals surface area contributed by atoms with Crippen LogP contribution in [0.25, 0.3) is 0 Å². The summed E-state index contributed by atoms with van der Waals surface area (Å²) in [6.07, 6.45) is 2.16. The van der Waals surface area contributed by atoms with Crippen molar-refractivity contribution in [3.05, 3.63) is 28.3 Å². The van der Waals surface area contributed by atoms with Gasteiger partial charge in [-0.2, -0.15) is 0 Å². The Labute approximate surface area is 101 Å². The zero-order valence-electron chi connectivity index (χ0n) is 10.3. The molecule has 0 fully saturated rings. The van der Waals surface area contributed by atoms with Gasteiger partial charge in [-0.3, -0.25) is 10.1 Å². The molecule has 5 nitrogen and oxygen atoms in total. The second-order valence-electron chi connectivity index (χ2n) is 3.97. The van der Waals surface area contributed by atoms with Gasteiger partial charge in [0.05, 0.1) is 4.92 Å². The second-order valence-corrected chi connectivity index (χ2v) is 3.97. The molecule has 1 aromatic rings. The largest absolute Gasteiger partial charge is 0.398 e. The van der Waals surface area contributed by atoms with Crippen molar-refractivity contribution < 1.29 is 4.92 Å². The van der Waals surface area contributed by atoms with Gasteiger partial charge in [-0.1, -0.05) is 13.3 Å². The molecule has 0 spiro atoms. The van der Waals surface area contributed by atoms with Crippen LogP contribution in [0.3, 0.4) is 0 Å². The Hall–Kier alpha value is -1.78. The van der Waals surface area contributed by atoms with Crippen molar-refractivity contribution in [2.24, 2.45) is 0 Å². The molecule has 0 aliphatic rings. The number of non-ortho nitro benzene ring substituents is 1. The summed E-state index contributed by atoms with van der Waals surface area (Å²) < 4.78 is 0. The van der Waals surface area contributed by atoms with Crippen molar-refractivity contribution in [3.8, 4) is 0 Å². The van der Waals surface area contributed by atoms with Gasteiger partial charge in [0.15, 0.2) is 0 Å². The third-order valence-corrected chi connectivity index (χ3v) is 2.66. The first-order chi connectivity index (χ1) is 8.08. The van der Waals surface area contributed by atoms with E-state index in [0.29, 0.717) is 5.69 Å². The van der Waals surface area contributed by atoms with Crippen LogP contribution in [0.2, 0.25) is 0 Å². The highest BCUT2D eigenvalue weighted by Crippen LogP contribution is 2.25. The number of hydrogen-bond donors (Lipinski definition) is 1. The Kier molecular flexibility index (Phi) is 4.75. The quantitative estimate of drug-likeness (QED) is 0.469. The monoisotopic (exact) mass is 237 g/mol. The Morgan fingerprint density at radius 1 is 1.35 bits per heavy atom. The van der Waals surface area contributed by atoms with E-state index in [1.54, 1.807) is 12.1 Å². The van der Waals surface area contributed by atoms with Crippen molar-refractivity contribution in [3.63, 3.8) is 0 Å². The maximum Gasteiger partial charge on any atom is 0.273 e. The lowest BCUT2D eigenvalue weighted by Crippen LogP contribution is -2.23. The van der Waals surface area contributed by atoms with E-state index in [4.69, 9.17) is 5.73 Å². The fourth-order valence-electron chi connectivity index (χ4n) is 1.72. The third-order valence-electron chi connectivity index (χ3n) is 2.66. The average Bonchev–Trinajstić information content (AvgIpc) is 2.29. The molecule has 2 N–H and O–H groups in total. The number of nitro benzene ring substituents is 1. The first-order valence-electron chi connectivity index (χ1n) is 5.88. The molecule has 1 aromatic carbocycles. The lowest BCUT2D eigenvalue weighted by Gasteiger charge is -2.23. The molecule has 94 valence electrons. The Morgan fingerprint density at radius 2 is 2.06 bits per heavy atom. The minimum absolute atomic E-state index is 0.0509. The molecule has 0 atom stereocenters. The number of benzene rings is 1. The summed E-state index contributed by atoms with van der Waals surface area (Å²) in [5.41, 5.74) is 7.00. The Morgan fingerprint density at radius 3 is 2.59 bits per heavy atom. The van der Waals surface area contributed by atoms with Gasteiger partial charge >= 0.3 is 0 Å². The SMILES string of the molecule is CCCCN(CC)c1cc(N)cc([N+](=O)[O-])c1. The van der Waals surface area contributed by atoms with Gasteiger partial charge in [0.2, 0.25) is 0 Å². The van der Waals surface area contributed by atoms with Crippen LogP contribution in [-0.4, -0.2) is 18.0 Å². The maximum absolute atomic E-state index is 10.8. The fourth-order valence-corrected chi connectivity index (χ4v) is 1.72. The topological polar surface area (TPSA) is 72.4 Å². The number of hydrogen-bond acceptors (Lipinski definition) is 4. The zero-order chi connectivity index (χ0) is 12.8. The van der Waals surface area contributed by atoms with E-state index in [1.165, 1.54) is 6.07 Å². The van der Waals surface area contributed by atoms with Gasteiger partial charge in [-0.25, -0.2) is 0 Å². The highest BCUT2D eigenvalue weighted by molar-refractivity contribution is 5.62. The highest BCUT2D eigenvalue weighted by Gasteiger charge is 2.12. The van der Waals surface area contributed by atoms with Crippen LogP contribution in [0.1, 0.15) is 26.7 Å². The smallest absolute Gasteiger partial charge is 0.273 e. The van der Waals surface area contributed by atoms with E-state index in [-0.39, 0.29) is 5.69 Å². The predicted molar refractivity (Wildman–Crippen MR) is 70.3 cm³/mol.